The number of carbonyl (C=O) groups is 2. The van der Waals surface area contributed by atoms with E-state index in [9.17, 15) is 9.59 Å². The lowest BCUT2D eigenvalue weighted by atomic mass is 10.0. The summed E-state index contributed by atoms with van der Waals surface area (Å²) in [6.45, 7) is 8.14. The average molecular weight is 323 g/mol. The second-order valence-corrected chi connectivity index (χ2v) is 6.96. The smallest absolute Gasteiger partial charge is 0.410 e. The average Bonchev–Trinajstić information content (AvgIpc) is 2.83. The van der Waals surface area contributed by atoms with Crippen LogP contribution in [0.3, 0.4) is 0 Å². The molecule has 2 rings (SSSR count). The highest BCUT2D eigenvalue weighted by Crippen LogP contribution is 2.21. The van der Waals surface area contributed by atoms with Gasteiger partial charge in [0.1, 0.15) is 5.60 Å². The molecule has 0 aliphatic carbocycles. The summed E-state index contributed by atoms with van der Waals surface area (Å²) >= 11 is 0. The molecule has 128 valence electrons. The van der Waals surface area contributed by atoms with Crippen LogP contribution in [0.1, 0.15) is 44.5 Å². The third-order valence-corrected chi connectivity index (χ3v) is 3.59. The van der Waals surface area contributed by atoms with Gasteiger partial charge in [0.2, 0.25) is 0 Å². The standard InChI is InChI=1S/C16H25N3O4/c1-11-9-22-10-13(19(11)15(21)23-16(2,3)4)6-14(20)12-7-17-18(5)8-12/h7-8,11,13H,6,9-10H2,1-5H3. The molecule has 2 heterocycles. The molecule has 1 fully saturated rings. The molecule has 1 amide bonds. The molecule has 1 saturated heterocycles. The summed E-state index contributed by atoms with van der Waals surface area (Å²) in [4.78, 5) is 26.5. The van der Waals surface area contributed by atoms with Crippen molar-refractivity contribution in [2.24, 2.45) is 7.05 Å². The Morgan fingerprint density at radius 1 is 1.39 bits per heavy atom. The molecule has 0 bridgehead atoms. The van der Waals surface area contributed by atoms with Gasteiger partial charge in [0.15, 0.2) is 5.78 Å². The highest BCUT2D eigenvalue weighted by atomic mass is 16.6. The number of ether oxygens (including phenoxy) is 2. The van der Waals surface area contributed by atoms with E-state index in [1.807, 2.05) is 27.7 Å². The lowest BCUT2D eigenvalue weighted by Crippen LogP contribution is -2.55. The van der Waals surface area contributed by atoms with Crippen LogP contribution in [0.25, 0.3) is 0 Å². The Morgan fingerprint density at radius 2 is 2.09 bits per heavy atom. The number of aromatic nitrogens is 2. The number of amides is 1. The summed E-state index contributed by atoms with van der Waals surface area (Å²) in [5.41, 5.74) is -0.0395. The van der Waals surface area contributed by atoms with Crippen molar-refractivity contribution in [2.75, 3.05) is 13.2 Å². The normalized spacial score (nSPS) is 22.0. The summed E-state index contributed by atoms with van der Waals surface area (Å²) in [6, 6.07) is -0.466. The zero-order valence-corrected chi connectivity index (χ0v) is 14.4. The summed E-state index contributed by atoms with van der Waals surface area (Å²) in [5, 5.41) is 4.01. The Labute approximate surface area is 136 Å². The number of ketones is 1. The number of morpholine rings is 1. The maximum atomic E-state index is 12.5. The van der Waals surface area contributed by atoms with Crippen LogP contribution in [0.15, 0.2) is 12.4 Å². The van der Waals surface area contributed by atoms with Gasteiger partial charge in [0, 0.05) is 19.7 Å². The minimum absolute atomic E-state index is 0.0608. The van der Waals surface area contributed by atoms with Crippen molar-refractivity contribution in [2.45, 2.75) is 51.8 Å². The van der Waals surface area contributed by atoms with Crippen molar-refractivity contribution in [3.05, 3.63) is 18.0 Å². The van der Waals surface area contributed by atoms with Gasteiger partial charge in [-0.3, -0.25) is 14.4 Å². The number of rotatable bonds is 3. The summed E-state index contributed by atoms with van der Waals surface area (Å²) < 4.78 is 12.6. The fraction of sp³-hybridized carbons (Fsp3) is 0.688. The molecular formula is C16H25N3O4. The van der Waals surface area contributed by atoms with Gasteiger partial charge in [0.05, 0.1) is 37.1 Å². The number of carbonyl (C=O) groups excluding carboxylic acids is 2. The molecule has 7 nitrogen and oxygen atoms in total. The largest absolute Gasteiger partial charge is 0.444 e. The molecule has 0 aromatic carbocycles. The minimum atomic E-state index is -0.576. The number of hydrogen-bond acceptors (Lipinski definition) is 5. The van der Waals surface area contributed by atoms with Gasteiger partial charge in [0.25, 0.3) is 0 Å². The molecule has 0 N–H and O–H groups in total. The second-order valence-electron chi connectivity index (χ2n) is 6.96. The molecule has 1 aliphatic heterocycles. The predicted octanol–water partition coefficient (Wildman–Crippen LogP) is 2.02. The Bertz CT molecular complexity index is 576. The van der Waals surface area contributed by atoms with Crippen molar-refractivity contribution in [3.63, 3.8) is 0 Å². The van der Waals surface area contributed by atoms with E-state index < -0.39 is 11.7 Å². The quantitative estimate of drug-likeness (QED) is 0.796. The van der Waals surface area contributed by atoms with Crippen LogP contribution in [-0.4, -0.2) is 57.5 Å². The van der Waals surface area contributed by atoms with E-state index in [1.165, 1.54) is 6.20 Å². The van der Waals surface area contributed by atoms with E-state index in [0.717, 1.165) is 0 Å². The fourth-order valence-electron chi connectivity index (χ4n) is 2.59. The molecule has 1 aromatic rings. The van der Waals surface area contributed by atoms with Crippen LogP contribution in [0.5, 0.6) is 0 Å². The number of hydrogen-bond donors (Lipinski definition) is 0. The van der Waals surface area contributed by atoms with E-state index in [0.29, 0.717) is 18.8 Å². The SMILES string of the molecule is CC1COCC(CC(=O)c2cnn(C)c2)N1C(=O)OC(C)(C)C. The van der Waals surface area contributed by atoms with Gasteiger partial charge in [-0.05, 0) is 27.7 Å². The molecule has 1 aromatic heterocycles. The minimum Gasteiger partial charge on any atom is -0.444 e. The topological polar surface area (TPSA) is 73.7 Å². The first-order chi connectivity index (χ1) is 10.7. The van der Waals surface area contributed by atoms with Crippen molar-refractivity contribution in [3.8, 4) is 0 Å². The van der Waals surface area contributed by atoms with E-state index >= 15 is 0 Å². The highest BCUT2D eigenvalue weighted by molar-refractivity contribution is 5.96. The van der Waals surface area contributed by atoms with E-state index in [1.54, 1.807) is 22.8 Å². The van der Waals surface area contributed by atoms with Gasteiger partial charge in [-0.25, -0.2) is 4.79 Å². The Kier molecular flexibility index (Phi) is 5.09. The molecule has 2 atom stereocenters. The van der Waals surface area contributed by atoms with Crippen LogP contribution in [-0.2, 0) is 16.5 Å². The van der Waals surface area contributed by atoms with Crippen molar-refractivity contribution in [1.82, 2.24) is 14.7 Å². The van der Waals surface area contributed by atoms with Crippen LogP contribution < -0.4 is 0 Å². The molecule has 0 radical (unpaired) electrons. The summed E-state index contributed by atoms with van der Waals surface area (Å²) in [5.74, 6) is -0.0608. The number of Topliss-reactive ketones (excluding diaryl/α,β-unsaturated/α-hetero) is 1. The van der Waals surface area contributed by atoms with E-state index in [4.69, 9.17) is 9.47 Å². The lowest BCUT2D eigenvalue weighted by molar-refractivity contribution is -0.0558. The second kappa shape index (κ2) is 6.70. The van der Waals surface area contributed by atoms with Crippen LogP contribution in [0.2, 0.25) is 0 Å². The van der Waals surface area contributed by atoms with E-state index in [-0.39, 0.29) is 24.3 Å². The molecule has 0 saturated carbocycles. The van der Waals surface area contributed by atoms with Crippen LogP contribution in [0.4, 0.5) is 4.79 Å². The van der Waals surface area contributed by atoms with Gasteiger partial charge >= 0.3 is 6.09 Å². The van der Waals surface area contributed by atoms with Crippen LogP contribution in [0, 0.1) is 0 Å². The molecule has 1 aliphatic rings. The van der Waals surface area contributed by atoms with Gasteiger partial charge < -0.3 is 9.47 Å². The Morgan fingerprint density at radius 3 is 2.65 bits per heavy atom. The monoisotopic (exact) mass is 323 g/mol. The third-order valence-electron chi connectivity index (χ3n) is 3.59. The molecule has 7 heteroatoms. The zero-order valence-electron chi connectivity index (χ0n) is 14.4. The summed E-state index contributed by atoms with van der Waals surface area (Å²) in [6.07, 6.45) is 2.99. The first-order valence-electron chi connectivity index (χ1n) is 7.78. The van der Waals surface area contributed by atoms with Gasteiger partial charge in [-0.1, -0.05) is 0 Å². The van der Waals surface area contributed by atoms with Gasteiger partial charge in [-0.15, -0.1) is 0 Å². The summed E-state index contributed by atoms with van der Waals surface area (Å²) in [7, 11) is 1.76. The van der Waals surface area contributed by atoms with Crippen molar-refractivity contribution >= 4 is 11.9 Å². The van der Waals surface area contributed by atoms with E-state index in [2.05, 4.69) is 5.10 Å². The third kappa shape index (κ3) is 4.54. The maximum Gasteiger partial charge on any atom is 0.410 e. The molecule has 23 heavy (non-hydrogen) atoms. The molecule has 2 unspecified atom stereocenters. The maximum absolute atomic E-state index is 12.5. The lowest BCUT2D eigenvalue weighted by Gasteiger charge is -2.40. The fourth-order valence-corrected chi connectivity index (χ4v) is 2.59. The molecular weight excluding hydrogens is 298 g/mol. The van der Waals surface area contributed by atoms with Crippen molar-refractivity contribution < 1.29 is 19.1 Å². The highest BCUT2D eigenvalue weighted by Gasteiger charge is 2.36. The number of aryl methyl sites for hydroxylation is 1. The first-order valence-corrected chi connectivity index (χ1v) is 7.78. The predicted molar refractivity (Wildman–Crippen MR) is 84.3 cm³/mol. The van der Waals surface area contributed by atoms with Crippen LogP contribution >= 0.6 is 0 Å². The van der Waals surface area contributed by atoms with Gasteiger partial charge in [-0.2, -0.15) is 5.10 Å². The Hall–Kier alpha value is -1.89. The Balaban J connectivity index is 2.10. The van der Waals surface area contributed by atoms with Crippen molar-refractivity contribution in [1.29, 1.82) is 0 Å². The molecule has 0 spiro atoms. The zero-order chi connectivity index (χ0) is 17.2. The number of nitrogens with zero attached hydrogens (tertiary/aromatic N) is 3. The first kappa shape index (κ1) is 17.5.